The van der Waals surface area contributed by atoms with E-state index in [0.717, 1.165) is 5.56 Å². The number of rotatable bonds is 3. The Kier molecular flexibility index (Phi) is 4.24. The van der Waals surface area contributed by atoms with Crippen LogP contribution in [-0.4, -0.2) is 5.91 Å². The summed E-state index contributed by atoms with van der Waals surface area (Å²) in [6, 6.07) is 8.89. The maximum absolute atomic E-state index is 12.0. The molecule has 0 radical (unpaired) electrons. The summed E-state index contributed by atoms with van der Waals surface area (Å²) in [5, 5.41) is 2.76. The van der Waals surface area contributed by atoms with Crippen LogP contribution in [0.15, 0.2) is 30.3 Å². The molecule has 0 aliphatic rings. The Labute approximate surface area is 119 Å². The molecule has 0 saturated carbocycles. The Hall–Kier alpha value is -1.07. The summed E-state index contributed by atoms with van der Waals surface area (Å²) in [6.45, 7) is 0.425. The first kappa shape index (κ1) is 13.4. The molecule has 1 amide bonds. The van der Waals surface area contributed by atoms with Crippen LogP contribution in [0.3, 0.4) is 0 Å². The molecule has 0 spiro atoms. The lowest BCUT2D eigenvalue weighted by molar-refractivity contribution is 0.102. The number of nitrogens with two attached hydrogens (primary N) is 1. The van der Waals surface area contributed by atoms with Crippen molar-refractivity contribution in [3.8, 4) is 0 Å². The molecule has 1 aromatic carbocycles. The third kappa shape index (κ3) is 3.03. The van der Waals surface area contributed by atoms with Crippen molar-refractivity contribution in [2.75, 3.05) is 5.32 Å². The van der Waals surface area contributed by atoms with Gasteiger partial charge in [0.1, 0.15) is 4.34 Å². The minimum absolute atomic E-state index is 0.280. The standard InChI is InChI=1S/C12H10Cl2N2OS/c13-10-5-9(11(14)18-10)12(17)16-8-3-1-2-7(4-8)6-15/h1-5H,6,15H2,(H,16,17). The predicted octanol–water partition coefficient (Wildman–Crippen LogP) is 3.77. The molecule has 0 fully saturated rings. The number of amides is 1. The molecule has 0 unspecified atom stereocenters. The van der Waals surface area contributed by atoms with Gasteiger partial charge >= 0.3 is 0 Å². The number of hydrogen-bond donors (Lipinski definition) is 2. The zero-order valence-electron chi connectivity index (χ0n) is 9.24. The molecule has 0 aliphatic heterocycles. The monoisotopic (exact) mass is 300 g/mol. The van der Waals surface area contributed by atoms with Crippen LogP contribution in [0.1, 0.15) is 15.9 Å². The minimum Gasteiger partial charge on any atom is -0.326 e. The minimum atomic E-state index is -0.280. The fourth-order valence-corrected chi connectivity index (χ4v) is 2.93. The van der Waals surface area contributed by atoms with E-state index in [1.165, 1.54) is 11.3 Å². The maximum Gasteiger partial charge on any atom is 0.258 e. The van der Waals surface area contributed by atoms with Crippen molar-refractivity contribution in [1.29, 1.82) is 0 Å². The van der Waals surface area contributed by atoms with Gasteiger partial charge in [0.2, 0.25) is 0 Å². The number of nitrogens with one attached hydrogen (secondary N) is 1. The number of thiophene rings is 1. The lowest BCUT2D eigenvalue weighted by atomic mass is 10.2. The van der Waals surface area contributed by atoms with E-state index in [4.69, 9.17) is 28.9 Å². The zero-order chi connectivity index (χ0) is 13.1. The number of anilines is 1. The Morgan fingerprint density at radius 3 is 2.72 bits per heavy atom. The largest absolute Gasteiger partial charge is 0.326 e. The third-order valence-corrected chi connectivity index (χ3v) is 3.81. The number of halogens is 2. The van der Waals surface area contributed by atoms with E-state index in [9.17, 15) is 4.79 Å². The summed E-state index contributed by atoms with van der Waals surface area (Å²) in [5.74, 6) is -0.280. The topological polar surface area (TPSA) is 55.1 Å². The van der Waals surface area contributed by atoms with Crippen LogP contribution in [0.5, 0.6) is 0 Å². The van der Waals surface area contributed by atoms with E-state index in [1.54, 1.807) is 12.1 Å². The van der Waals surface area contributed by atoms with Crippen LogP contribution in [0, 0.1) is 0 Å². The van der Waals surface area contributed by atoms with E-state index in [-0.39, 0.29) is 5.91 Å². The second-order valence-electron chi connectivity index (χ2n) is 3.60. The first-order chi connectivity index (χ1) is 8.60. The van der Waals surface area contributed by atoms with Gasteiger partial charge in [0.05, 0.1) is 9.90 Å². The van der Waals surface area contributed by atoms with Crippen molar-refractivity contribution < 1.29 is 4.79 Å². The Balaban J connectivity index is 2.18. The number of hydrogen-bond acceptors (Lipinski definition) is 3. The molecule has 3 N–H and O–H groups in total. The molecular weight excluding hydrogens is 291 g/mol. The molecule has 3 nitrogen and oxygen atoms in total. The molecule has 0 saturated heterocycles. The molecule has 6 heteroatoms. The summed E-state index contributed by atoms with van der Waals surface area (Å²) < 4.78 is 0.869. The molecule has 1 heterocycles. The van der Waals surface area contributed by atoms with E-state index in [1.807, 2.05) is 18.2 Å². The summed E-state index contributed by atoms with van der Waals surface area (Å²) in [5.41, 5.74) is 7.55. The van der Waals surface area contributed by atoms with E-state index >= 15 is 0 Å². The highest BCUT2D eigenvalue weighted by atomic mass is 35.5. The van der Waals surface area contributed by atoms with Gasteiger partial charge in [-0.3, -0.25) is 4.79 Å². The van der Waals surface area contributed by atoms with Gasteiger partial charge in [-0.1, -0.05) is 35.3 Å². The van der Waals surface area contributed by atoms with E-state index in [2.05, 4.69) is 5.32 Å². The molecule has 0 aliphatic carbocycles. The van der Waals surface area contributed by atoms with Crippen molar-refractivity contribution in [1.82, 2.24) is 0 Å². The van der Waals surface area contributed by atoms with Gasteiger partial charge in [-0.2, -0.15) is 0 Å². The highest BCUT2D eigenvalue weighted by Gasteiger charge is 2.14. The molecule has 2 aromatic rings. The Morgan fingerprint density at radius 2 is 2.11 bits per heavy atom. The van der Waals surface area contributed by atoms with Crippen molar-refractivity contribution in [3.63, 3.8) is 0 Å². The van der Waals surface area contributed by atoms with Crippen molar-refractivity contribution in [2.24, 2.45) is 5.73 Å². The first-order valence-electron chi connectivity index (χ1n) is 5.15. The van der Waals surface area contributed by atoms with Gasteiger partial charge in [0.25, 0.3) is 5.91 Å². The van der Waals surface area contributed by atoms with E-state index < -0.39 is 0 Å². The molecule has 18 heavy (non-hydrogen) atoms. The molecular formula is C12H10Cl2N2OS. The van der Waals surface area contributed by atoms with Gasteiger partial charge in [-0.25, -0.2) is 0 Å². The van der Waals surface area contributed by atoms with Crippen LogP contribution < -0.4 is 11.1 Å². The van der Waals surface area contributed by atoms with Gasteiger partial charge in [0.15, 0.2) is 0 Å². The predicted molar refractivity (Wildman–Crippen MR) is 76.6 cm³/mol. The summed E-state index contributed by atoms with van der Waals surface area (Å²) >= 11 is 12.9. The maximum atomic E-state index is 12.0. The number of benzene rings is 1. The lowest BCUT2D eigenvalue weighted by Crippen LogP contribution is -2.11. The van der Waals surface area contributed by atoms with Crippen LogP contribution in [0.4, 0.5) is 5.69 Å². The van der Waals surface area contributed by atoms with Crippen molar-refractivity contribution >= 4 is 46.1 Å². The fourth-order valence-electron chi connectivity index (χ4n) is 1.47. The highest BCUT2D eigenvalue weighted by Crippen LogP contribution is 2.31. The van der Waals surface area contributed by atoms with Crippen molar-refractivity contribution in [2.45, 2.75) is 6.54 Å². The molecule has 2 rings (SSSR count). The van der Waals surface area contributed by atoms with Gasteiger partial charge in [-0.15, -0.1) is 11.3 Å². The third-order valence-electron chi connectivity index (χ3n) is 2.32. The Bertz CT molecular complexity index is 583. The summed E-state index contributed by atoms with van der Waals surface area (Å²) in [6.07, 6.45) is 0. The highest BCUT2D eigenvalue weighted by molar-refractivity contribution is 7.20. The Morgan fingerprint density at radius 1 is 1.33 bits per heavy atom. The summed E-state index contributed by atoms with van der Waals surface area (Å²) in [4.78, 5) is 12.0. The molecule has 0 bridgehead atoms. The normalized spacial score (nSPS) is 10.4. The number of carbonyl (C=O) groups excluding carboxylic acids is 1. The SMILES string of the molecule is NCc1cccc(NC(=O)c2cc(Cl)sc2Cl)c1. The van der Waals surface area contributed by atoms with Gasteiger partial charge in [0, 0.05) is 12.2 Å². The molecule has 1 aromatic heterocycles. The average molecular weight is 301 g/mol. The van der Waals surface area contributed by atoms with Gasteiger partial charge in [-0.05, 0) is 23.8 Å². The average Bonchev–Trinajstić information content (AvgIpc) is 2.69. The second-order valence-corrected chi connectivity index (χ2v) is 5.88. The second kappa shape index (κ2) is 5.71. The van der Waals surface area contributed by atoms with Crippen LogP contribution in [0.2, 0.25) is 8.67 Å². The quantitative estimate of drug-likeness (QED) is 0.906. The summed E-state index contributed by atoms with van der Waals surface area (Å²) in [7, 11) is 0. The molecule has 0 atom stereocenters. The fraction of sp³-hybridized carbons (Fsp3) is 0.0833. The molecule has 94 valence electrons. The zero-order valence-corrected chi connectivity index (χ0v) is 11.6. The van der Waals surface area contributed by atoms with Crippen molar-refractivity contribution in [3.05, 3.63) is 50.1 Å². The first-order valence-corrected chi connectivity index (χ1v) is 6.72. The van der Waals surface area contributed by atoms with Crippen LogP contribution >= 0.6 is 34.5 Å². The smallest absolute Gasteiger partial charge is 0.258 e. The van der Waals surface area contributed by atoms with Crippen LogP contribution in [0.25, 0.3) is 0 Å². The van der Waals surface area contributed by atoms with Gasteiger partial charge < -0.3 is 11.1 Å². The van der Waals surface area contributed by atoms with Crippen LogP contribution in [-0.2, 0) is 6.54 Å². The lowest BCUT2D eigenvalue weighted by Gasteiger charge is -2.05. The number of carbonyl (C=O) groups is 1. The van der Waals surface area contributed by atoms with E-state index in [0.29, 0.717) is 26.5 Å².